The van der Waals surface area contributed by atoms with Gasteiger partial charge in [0.05, 0.1) is 6.54 Å². The normalized spacial score (nSPS) is 25.2. The van der Waals surface area contributed by atoms with Gasteiger partial charge in [-0.25, -0.2) is 4.98 Å². The smallest absolute Gasteiger partial charge is 0.112 e. The minimum absolute atomic E-state index is 0.641. The highest BCUT2D eigenvalue weighted by Gasteiger charge is 2.39. The molecule has 19 heavy (non-hydrogen) atoms. The van der Waals surface area contributed by atoms with Crippen LogP contribution in [0.1, 0.15) is 22.9 Å². The molecule has 3 nitrogen and oxygen atoms in total. The molecule has 0 spiro atoms. The minimum atomic E-state index is 0.641. The van der Waals surface area contributed by atoms with Gasteiger partial charge < -0.3 is 10.2 Å². The molecule has 0 bridgehead atoms. The number of hydrogen-bond donors (Lipinski definition) is 1. The van der Waals surface area contributed by atoms with E-state index in [1.807, 2.05) is 6.20 Å². The molecule has 1 fully saturated rings. The molecule has 1 N–H and O–H groups in total. The maximum absolute atomic E-state index is 4.45. The quantitative estimate of drug-likeness (QED) is 0.910. The Kier molecular flexibility index (Phi) is 2.78. The zero-order valence-electron chi connectivity index (χ0n) is 10.7. The lowest BCUT2D eigenvalue weighted by Crippen LogP contribution is -2.43. The average Bonchev–Trinajstić information content (AvgIpc) is 3.08. The van der Waals surface area contributed by atoms with Gasteiger partial charge in [0, 0.05) is 35.8 Å². The van der Waals surface area contributed by atoms with Gasteiger partial charge >= 0.3 is 0 Å². The number of aromatic nitrogens is 1. The molecule has 4 rings (SSSR count). The first kappa shape index (κ1) is 11.4. The standard InChI is InChI=1S/C15H17N3S/c1-2-4-13-11(3-1)12-9-16-6-5-14(12)18(13)10-15-17-7-8-19-15/h1-4,7-8,12,14,16H,5-6,9-10H2/t12-,14+/m0/s1. The molecule has 2 atom stereocenters. The van der Waals surface area contributed by atoms with Crippen molar-refractivity contribution in [2.75, 3.05) is 18.0 Å². The van der Waals surface area contributed by atoms with E-state index >= 15 is 0 Å². The second kappa shape index (κ2) is 4.62. The summed E-state index contributed by atoms with van der Waals surface area (Å²) in [6.45, 7) is 3.19. The van der Waals surface area contributed by atoms with Gasteiger partial charge in [-0.2, -0.15) is 0 Å². The molecule has 2 aliphatic heterocycles. The Morgan fingerprint density at radius 2 is 2.32 bits per heavy atom. The van der Waals surface area contributed by atoms with Crippen LogP contribution >= 0.6 is 11.3 Å². The van der Waals surface area contributed by atoms with E-state index in [0.717, 1.165) is 19.6 Å². The van der Waals surface area contributed by atoms with Crippen LogP contribution in [0, 0.1) is 0 Å². The van der Waals surface area contributed by atoms with Crippen molar-refractivity contribution >= 4 is 17.0 Å². The Balaban J connectivity index is 1.72. The van der Waals surface area contributed by atoms with Crippen LogP contribution < -0.4 is 10.2 Å². The van der Waals surface area contributed by atoms with E-state index < -0.39 is 0 Å². The van der Waals surface area contributed by atoms with E-state index in [4.69, 9.17) is 0 Å². The Hall–Kier alpha value is -1.39. The van der Waals surface area contributed by atoms with Crippen molar-refractivity contribution in [2.24, 2.45) is 0 Å². The van der Waals surface area contributed by atoms with Crippen molar-refractivity contribution in [3.05, 3.63) is 46.4 Å². The molecule has 3 heterocycles. The number of fused-ring (bicyclic) bond motifs is 3. The van der Waals surface area contributed by atoms with Crippen LogP contribution in [0.5, 0.6) is 0 Å². The molecule has 1 aromatic carbocycles. The second-order valence-corrected chi connectivity index (χ2v) is 6.26. The number of rotatable bonds is 2. The zero-order valence-corrected chi connectivity index (χ0v) is 11.6. The number of hydrogen-bond acceptors (Lipinski definition) is 4. The van der Waals surface area contributed by atoms with Gasteiger partial charge in [-0.1, -0.05) is 18.2 Å². The van der Waals surface area contributed by atoms with E-state index in [1.54, 1.807) is 11.3 Å². The minimum Gasteiger partial charge on any atom is -0.361 e. The highest BCUT2D eigenvalue weighted by atomic mass is 32.1. The van der Waals surface area contributed by atoms with E-state index in [-0.39, 0.29) is 0 Å². The second-order valence-electron chi connectivity index (χ2n) is 5.28. The summed E-state index contributed by atoms with van der Waals surface area (Å²) in [6, 6.07) is 9.52. The topological polar surface area (TPSA) is 28.2 Å². The average molecular weight is 271 g/mol. The van der Waals surface area contributed by atoms with Crippen molar-refractivity contribution < 1.29 is 0 Å². The highest BCUT2D eigenvalue weighted by molar-refractivity contribution is 7.09. The third kappa shape index (κ3) is 1.86. The Labute approximate surface area is 117 Å². The van der Waals surface area contributed by atoms with E-state index in [0.29, 0.717) is 12.0 Å². The molecule has 98 valence electrons. The van der Waals surface area contributed by atoms with Crippen molar-refractivity contribution in [3.63, 3.8) is 0 Å². The molecular weight excluding hydrogens is 254 g/mol. The maximum atomic E-state index is 4.45. The molecule has 2 aromatic rings. The lowest BCUT2D eigenvalue weighted by molar-refractivity contribution is 0.401. The summed E-state index contributed by atoms with van der Waals surface area (Å²) < 4.78 is 0. The first-order valence-electron chi connectivity index (χ1n) is 6.88. The molecular formula is C15H17N3S. The third-order valence-electron chi connectivity index (χ3n) is 4.28. The van der Waals surface area contributed by atoms with E-state index in [1.165, 1.54) is 22.7 Å². The summed E-state index contributed by atoms with van der Waals surface area (Å²) in [5.41, 5.74) is 2.92. The summed E-state index contributed by atoms with van der Waals surface area (Å²) >= 11 is 1.76. The van der Waals surface area contributed by atoms with Crippen LogP contribution in [-0.4, -0.2) is 24.1 Å². The Bertz CT molecular complexity index is 567. The molecule has 1 saturated heterocycles. The van der Waals surface area contributed by atoms with Crippen LogP contribution in [0.2, 0.25) is 0 Å². The predicted octanol–water partition coefficient (Wildman–Crippen LogP) is 2.61. The fourth-order valence-electron chi connectivity index (χ4n) is 3.46. The van der Waals surface area contributed by atoms with Gasteiger partial charge in [-0.15, -0.1) is 11.3 Å². The van der Waals surface area contributed by atoms with Crippen LogP contribution in [0.15, 0.2) is 35.8 Å². The first-order valence-corrected chi connectivity index (χ1v) is 7.76. The van der Waals surface area contributed by atoms with Gasteiger partial charge in [0.2, 0.25) is 0 Å². The number of nitrogens with zero attached hydrogens (tertiary/aromatic N) is 2. The van der Waals surface area contributed by atoms with Crippen molar-refractivity contribution in [3.8, 4) is 0 Å². The van der Waals surface area contributed by atoms with Gasteiger partial charge in [0.1, 0.15) is 5.01 Å². The van der Waals surface area contributed by atoms with Gasteiger partial charge in [0.25, 0.3) is 0 Å². The van der Waals surface area contributed by atoms with E-state index in [9.17, 15) is 0 Å². The molecule has 0 unspecified atom stereocenters. The van der Waals surface area contributed by atoms with Crippen molar-refractivity contribution in [1.82, 2.24) is 10.3 Å². The first-order chi connectivity index (χ1) is 9.43. The van der Waals surface area contributed by atoms with Crippen LogP contribution in [0.3, 0.4) is 0 Å². The number of thiazole rings is 1. The molecule has 0 radical (unpaired) electrons. The maximum Gasteiger partial charge on any atom is 0.112 e. The summed E-state index contributed by atoms with van der Waals surface area (Å²) in [4.78, 5) is 7.02. The molecule has 0 saturated carbocycles. The Morgan fingerprint density at radius 1 is 1.37 bits per heavy atom. The van der Waals surface area contributed by atoms with Crippen LogP contribution in [-0.2, 0) is 6.54 Å². The van der Waals surface area contributed by atoms with Gasteiger partial charge in [-0.3, -0.25) is 0 Å². The monoisotopic (exact) mass is 271 g/mol. The number of para-hydroxylation sites is 1. The lowest BCUT2D eigenvalue weighted by Gasteiger charge is -2.33. The fourth-order valence-corrected chi connectivity index (χ4v) is 4.07. The predicted molar refractivity (Wildman–Crippen MR) is 78.8 cm³/mol. The number of piperidine rings is 1. The molecule has 2 aliphatic rings. The zero-order chi connectivity index (χ0) is 12.7. The Morgan fingerprint density at radius 3 is 3.21 bits per heavy atom. The number of nitrogens with one attached hydrogen (secondary N) is 1. The van der Waals surface area contributed by atoms with Crippen molar-refractivity contribution in [1.29, 1.82) is 0 Å². The SMILES string of the molecule is c1ccc2c(c1)[C@@H]1CNCC[C@H]1N2Cc1nccs1. The van der Waals surface area contributed by atoms with Crippen molar-refractivity contribution in [2.45, 2.75) is 24.9 Å². The summed E-state index contributed by atoms with van der Waals surface area (Å²) in [5.74, 6) is 0.643. The highest BCUT2D eigenvalue weighted by Crippen LogP contribution is 2.43. The number of anilines is 1. The molecule has 0 aliphatic carbocycles. The fraction of sp³-hybridized carbons (Fsp3) is 0.400. The van der Waals surface area contributed by atoms with Gasteiger partial charge in [0.15, 0.2) is 0 Å². The van der Waals surface area contributed by atoms with Crippen LogP contribution in [0.25, 0.3) is 0 Å². The van der Waals surface area contributed by atoms with Crippen LogP contribution in [0.4, 0.5) is 5.69 Å². The number of benzene rings is 1. The summed E-state index contributed by atoms with van der Waals surface area (Å²) in [6.07, 6.45) is 3.13. The summed E-state index contributed by atoms with van der Waals surface area (Å²) in [7, 11) is 0. The van der Waals surface area contributed by atoms with E-state index in [2.05, 4.69) is 44.8 Å². The molecule has 1 aromatic heterocycles. The molecule has 4 heteroatoms. The lowest BCUT2D eigenvalue weighted by atomic mass is 9.90. The van der Waals surface area contributed by atoms with Gasteiger partial charge in [-0.05, 0) is 24.6 Å². The molecule has 0 amide bonds. The largest absolute Gasteiger partial charge is 0.361 e. The third-order valence-corrected chi connectivity index (χ3v) is 5.05. The summed E-state index contributed by atoms with van der Waals surface area (Å²) in [5, 5.41) is 6.82.